The molecule has 2 rings (SSSR count). The Morgan fingerprint density at radius 1 is 0.615 bits per heavy atom. The molecule has 0 radical (unpaired) electrons. The summed E-state index contributed by atoms with van der Waals surface area (Å²) in [4.78, 5) is 4.88. The largest absolute Gasteiger partial charge is 0.494 e. The van der Waals surface area contributed by atoms with Gasteiger partial charge in [0.2, 0.25) is 0 Å². The van der Waals surface area contributed by atoms with Gasteiger partial charge in [0.05, 0.1) is 0 Å². The molecule has 6 N–H and O–H groups in total. The van der Waals surface area contributed by atoms with Crippen LogP contribution >= 0.6 is 0 Å². The molecule has 0 aliphatic rings. The predicted molar refractivity (Wildman–Crippen MR) is 103 cm³/mol. The zero-order valence-corrected chi connectivity index (χ0v) is 14.9. The summed E-state index contributed by atoms with van der Waals surface area (Å²) in [6.07, 6.45) is 16.6. The third-order valence-electron chi connectivity index (χ3n) is 4.21. The van der Waals surface area contributed by atoms with Crippen LogP contribution in [0.25, 0.3) is 12.2 Å². The molecule has 0 amide bonds. The Bertz CT molecular complexity index is 666. The Morgan fingerprint density at radius 2 is 1.00 bits per heavy atom. The van der Waals surface area contributed by atoms with Gasteiger partial charge in [-0.15, -0.1) is 0 Å². The minimum Gasteiger partial charge on any atom is -0.494 e. The predicted octanol–water partition coefficient (Wildman–Crippen LogP) is 5.01. The fourth-order valence-electron chi connectivity index (χ4n) is 2.80. The van der Waals surface area contributed by atoms with Gasteiger partial charge in [-0.05, 0) is 25.7 Å². The van der Waals surface area contributed by atoms with E-state index in [-0.39, 0.29) is 23.5 Å². The van der Waals surface area contributed by atoms with Crippen LogP contribution in [0.3, 0.4) is 0 Å². The van der Waals surface area contributed by atoms with Crippen LogP contribution in [0.5, 0.6) is 23.5 Å². The van der Waals surface area contributed by atoms with Crippen molar-refractivity contribution >= 4 is 12.2 Å². The Morgan fingerprint density at radius 3 is 1.35 bits per heavy atom. The van der Waals surface area contributed by atoms with Crippen LogP contribution < -0.4 is 0 Å². The van der Waals surface area contributed by atoms with Crippen LogP contribution in [0.4, 0.5) is 0 Å². The van der Waals surface area contributed by atoms with Crippen LogP contribution in [-0.4, -0.2) is 30.4 Å². The second-order valence-corrected chi connectivity index (χ2v) is 6.42. The summed E-state index contributed by atoms with van der Waals surface area (Å²) in [7, 11) is 0. The summed E-state index contributed by atoms with van der Waals surface area (Å²) >= 11 is 0. The van der Waals surface area contributed by atoms with Crippen LogP contribution in [0, 0.1) is 0 Å². The van der Waals surface area contributed by atoms with E-state index in [1.807, 2.05) is 24.3 Å². The van der Waals surface area contributed by atoms with Crippen molar-refractivity contribution in [2.75, 3.05) is 0 Å². The highest BCUT2D eigenvalue weighted by molar-refractivity contribution is 5.57. The number of hydrogen-bond donors (Lipinski definition) is 6. The lowest BCUT2D eigenvalue weighted by atomic mass is 10.1. The van der Waals surface area contributed by atoms with E-state index in [1.165, 1.54) is 37.8 Å². The second-order valence-electron chi connectivity index (χ2n) is 6.42. The van der Waals surface area contributed by atoms with E-state index in [0.717, 1.165) is 25.7 Å². The zero-order valence-electron chi connectivity index (χ0n) is 14.9. The maximum atomic E-state index is 9.48. The molecular weight excluding hydrogens is 332 g/mol. The molecule has 2 aromatic heterocycles. The van der Waals surface area contributed by atoms with Crippen molar-refractivity contribution in [3.05, 3.63) is 35.4 Å². The summed E-state index contributed by atoms with van der Waals surface area (Å²) in [5.41, 5.74) is 1.22. The number of aromatic hydroxyl groups is 4. The van der Waals surface area contributed by atoms with E-state index in [0.29, 0.717) is 11.1 Å². The number of H-pyrrole nitrogens is 2. The minimum absolute atomic E-state index is 0.00341. The number of aromatic amines is 2. The smallest absolute Gasteiger partial charge is 0.198 e. The SMILES string of the molecule is Oc1cc(C=CCCCCCCCCC=Cc2cc(O)[nH]c2O)c(O)[nH]1. The summed E-state index contributed by atoms with van der Waals surface area (Å²) < 4.78 is 0. The van der Waals surface area contributed by atoms with Crippen molar-refractivity contribution in [2.45, 2.75) is 51.4 Å². The molecule has 2 heterocycles. The summed E-state index contributed by atoms with van der Waals surface area (Å²) in [6, 6.07) is 3.00. The van der Waals surface area contributed by atoms with Crippen molar-refractivity contribution < 1.29 is 20.4 Å². The van der Waals surface area contributed by atoms with Crippen molar-refractivity contribution in [1.29, 1.82) is 0 Å². The molecule has 0 saturated carbocycles. The fraction of sp³-hybridized carbons (Fsp3) is 0.400. The number of aromatic nitrogens is 2. The van der Waals surface area contributed by atoms with E-state index in [4.69, 9.17) is 0 Å². The third-order valence-corrected chi connectivity index (χ3v) is 4.21. The molecule has 26 heavy (non-hydrogen) atoms. The van der Waals surface area contributed by atoms with E-state index in [2.05, 4.69) is 9.97 Å². The first kappa shape index (κ1) is 19.6. The lowest BCUT2D eigenvalue weighted by Crippen LogP contribution is -1.79. The molecule has 0 spiro atoms. The maximum Gasteiger partial charge on any atom is 0.198 e. The Labute approximate surface area is 153 Å². The Balaban J connectivity index is 1.46. The topological polar surface area (TPSA) is 112 Å². The average molecular weight is 360 g/mol. The summed E-state index contributed by atoms with van der Waals surface area (Å²) in [5, 5.41) is 37.4. The zero-order chi connectivity index (χ0) is 18.8. The van der Waals surface area contributed by atoms with E-state index in [9.17, 15) is 20.4 Å². The van der Waals surface area contributed by atoms with Crippen molar-refractivity contribution in [3.8, 4) is 23.5 Å². The maximum absolute atomic E-state index is 9.48. The van der Waals surface area contributed by atoms with Gasteiger partial charge in [0.25, 0.3) is 0 Å². The summed E-state index contributed by atoms with van der Waals surface area (Å²) in [6.45, 7) is 0. The fourth-order valence-corrected chi connectivity index (χ4v) is 2.80. The highest BCUT2D eigenvalue weighted by Crippen LogP contribution is 2.24. The van der Waals surface area contributed by atoms with Gasteiger partial charge in [0.1, 0.15) is 0 Å². The summed E-state index contributed by atoms with van der Waals surface area (Å²) in [5.74, 6) is -0.0623. The van der Waals surface area contributed by atoms with Crippen LogP contribution in [0.2, 0.25) is 0 Å². The molecule has 2 aromatic rings. The lowest BCUT2D eigenvalue weighted by Gasteiger charge is -1.99. The first-order chi connectivity index (χ1) is 12.6. The highest BCUT2D eigenvalue weighted by atomic mass is 16.3. The molecule has 0 fully saturated rings. The van der Waals surface area contributed by atoms with Crippen molar-refractivity contribution in [2.24, 2.45) is 0 Å². The molecule has 0 unspecified atom stereocenters. The molecule has 0 aliphatic carbocycles. The number of nitrogens with one attached hydrogen (secondary N) is 2. The molecule has 142 valence electrons. The first-order valence-electron chi connectivity index (χ1n) is 9.11. The van der Waals surface area contributed by atoms with Crippen LogP contribution in [-0.2, 0) is 0 Å². The molecule has 0 aliphatic heterocycles. The molecular formula is C20H28N2O4. The van der Waals surface area contributed by atoms with Gasteiger partial charge in [-0.1, -0.05) is 50.0 Å². The lowest BCUT2D eigenvalue weighted by molar-refractivity contribution is 0.424. The number of hydrogen-bond acceptors (Lipinski definition) is 4. The van der Waals surface area contributed by atoms with Crippen molar-refractivity contribution in [3.63, 3.8) is 0 Å². The Kier molecular flexibility index (Phi) is 7.74. The average Bonchev–Trinajstić information content (AvgIpc) is 3.08. The standard InChI is InChI=1S/C20H28N2O4/c23-17-13-15(19(25)21-17)11-9-7-5-3-1-2-4-6-8-10-12-16-14-18(24)22-20(16)26/h9-14,21-26H,1-8H2. The second kappa shape index (κ2) is 10.3. The minimum atomic E-state index is -0.0277. The molecule has 6 nitrogen and oxygen atoms in total. The Hall–Kier alpha value is -2.76. The molecule has 0 bridgehead atoms. The van der Waals surface area contributed by atoms with Gasteiger partial charge in [0, 0.05) is 23.3 Å². The first-order valence-corrected chi connectivity index (χ1v) is 9.11. The van der Waals surface area contributed by atoms with Gasteiger partial charge in [-0.2, -0.15) is 0 Å². The molecule has 0 atom stereocenters. The highest BCUT2D eigenvalue weighted by Gasteiger charge is 2.02. The normalized spacial score (nSPS) is 11.8. The van der Waals surface area contributed by atoms with Crippen LogP contribution in [0.1, 0.15) is 62.5 Å². The van der Waals surface area contributed by atoms with E-state index >= 15 is 0 Å². The van der Waals surface area contributed by atoms with E-state index < -0.39 is 0 Å². The van der Waals surface area contributed by atoms with Gasteiger partial charge in [-0.3, -0.25) is 9.97 Å². The number of allylic oxidation sites excluding steroid dienone is 2. The monoisotopic (exact) mass is 360 g/mol. The number of rotatable bonds is 11. The molecule has 0 aromatic carbocycles. The number of unbranched alkanes of at least 4 members (excludes halogenated alkanes) is 7. The van der Waals surface area contributed by atoms with Gasteiger partial charge in [0.15, 0.2) is 23.5 Å². The third kappa shape index (κ3) is 6.63. The van der Waals surface area contributed by atoms with Gasteiger partial charge in [-0.25, -0.2) is 0 Å². The molecule has 0 saturated heterocycles. The van der Waals surface area contributed by atoms with E-state index in [1.54, 1.807) is 0 Å². The molecule has 6 heteroatoms. The van der Waals surface area contributed by atoms with Gasteiger partial charge >= 0.3 is 0 Å². The van der Waals surface area contributed by atoms with Crippen molar-refractivity contribution in [1.82, 2.24) is 9.97 Å². The van der Waals surface area contributed by atoms with Crippen LogP contribution in [0.15, 0.2) is 24.3 Å². The van der Waals surface area contributed by atoms with Gasteiger partial charge < -0.3 is 20.4 Å². The quantitative estimate of drug-likeness (QED) is 0.316.